The van der Waals surface area contributed by atoms with E-state index >= 15 is 0 Å². The first-order chi connectivity index (χ1) is 18.0. The largest absolute Gasteiger partial charge is 0.357 e. The summed E-state index contributed by atoms with van der Waals surface area (Å²) in [5.74, 6) is -0.349. The summed E-state index contributed by atoms with van der Waals surface area (Å²) in [6, 6.07) is 16.2. The number of imidazole rings is 1. The van der Waals surface area contributed by atoms with Crippen molar-refractivity contribution in [2.45, 2.75) is 44.8 Å². The van der Waals surface area contributed by atoms with Crippen LogP contribution in [0.4, 0.5) is 0 Å². The molecule has 0 unspecified atom stereocenters. The third-order valence-corrected chi connectivity index (χ3v) is 8.35. The maximum absolute atomic E-state index is 13.6. The highest BCUT2D eigenvalue weighted by Gasteiger charge is 2.37. The van der Waals surface area contributed by atoms with Crippen LogP contribution >= 0.6 is 0 Å². The van der Waals surface area contributed by atoms with Gasteiger partial charge in [0.05, 0.1) is 28.8 Å². The van der Waals surface area contributed by atoms with E-state index in [-0.39, 0.29) is 36.1 Å². The predicted molar refractivity (Wildman–Crippen MR) is 141 cm³/mol. The van der Waals surface area contributed by atoms with Crippen LogP contribution in [0.2, 0.25) is 0 Å². The predicted octanol–water partition coefficient (Wildman–Crippen LogP) is 2.52. The Morgan fingerprint density at radius 2 is 1.71 bits per heavy atom. The summed E-state index contributed by atoms with van der Waals surface area (Å²) in [7, 11) is -2.40. The topological polar surface area (TPSA) is 137 Å². The highest BCUT2D eigenvalue weighted by atomic mass is 32.2. The van der Waals surface area contributed by atoms with Gasteiger partial charge in [-0.15, -0.1) is 0 Å². The van der Waals surface area contributed by atoms with E-state index < -0.39 is 27.4 Å². The van der Waals surface area contributed by atoms with Crippen LogP contribution in [0, 0.1) is 16.7 Å². The second-order valence-electron chi connectivity index (χ2n) is 10.1. The van der Waals surface area contributed by atoms with Crippen molar-refractivity contribution in [2.75, 3.05) is 13.6 Å². The van der Waals surface area contributed by atoms with Crippen molar-refractivity contribution >= 4 is 21.8 Å². The minimum Gasteiger partial charge on any atom is -0.357 e. The van der Waals surface area contributed by atoms with Gasteiger partial charge in [0, 0.05) is 25.7 Å². The molecule has 2 heterocycles. The fourth-order valence-corrected chi connectivity index (χ4v) is 5.80. The maximum Gasteiger partial charge on any atom is 0.272 e. The van der Waals surface area contributed by atoms with E-state index in [2.05, 4.69) is 15.6 Å². The molecule has 0 saturated carbocycles. The number of nitriles is 1. The summed E-state index contributed by atoms with van der Waals surface area (Å²) in [6.45, 7) is 5.92. The molecule has 2 aromatic carbocycles. The number of hydrogen-bond donors (Lipinski definition) is 2. The van der Waals surface area contributed by atoms with Gasteiger partial charge in [-0.3, -0.25) is 9.59 Å². The van der Waals surface area contributed by atoms with E-state index in [1.807, 2.05) is 61.7 Å². The van der Waals surface area contributed by atoms with Crippen LogP contribution in [-0.4, -0.2) is 53.7 Å². The van der Waals surface area contributed by atoms with Crippen molar-refractivity contribution in [1.82, 2.24) is 24.5 Å². The summed E-state index contributed by atoms with van der Waals surface area (Å²) in [6.07, 6.45) is 0. The van der Waals surface area contributed by atoms with Crippen LogP contribution in [0.5, 0.6) is 0 Å². The molecule has 4 rings (SSSR count). The molecule has 1 aromatic heterocycles. The molecule has 10 nitrogen and oxygen atoms in total. The molecule has 38 heavy (non-hydrogen) atoms. The second-order valence-corrected chi connectivity index (χ2v) is 12.0. The molecule has 11 heteroatoms. The third kappa shape index (κ3) is 5.18. The standard InChI is InChI=1S/C27H30N6O4S/c1-27(2,3)23(26(35)29-4)31-25(34)22-21-17-32(38(36,37)20-12-10-18(16-28)11-13-20)14-15-33(21)24(30-22)19-8-6-5-7-9-19/h5-13,23H,14-15,17H2,1-4H3,(H,29,35)(H,31,34)/t23-/m0/s1. The number of hydrogen-bond acceptors (Lipinski definition) is 6. The monoisotopic (exact) mass is 534 g/mol. The number of likely N-dealkylation sites (N-methyl/N-ethyl adjacent to an activating group) is 1. The number of rotatable bonds is 6. The first-order valence-electron chi connectivity index (χ1n) is 12.1. The molecule has 0 fully saturated rings. The summed E-state index contributed by atoms with van der Waals surface area (Å²) in [5.41, 5.74) is 1.07. The Balaban J connectivity index is 1.75. The lowest BCUT2D eigenvalue weighted by molar-refractivity contribution is -0.124. The van der Waals surface area contributed by atoms with Gasteiger partial charge in [-0.25, -0.2) is 13.4 Å². The van der Waals surface area contributed by atoms with Crippen molar-refractivity contribution in [1.29, 1.82) is 5.26 Å². The molecule has 1 aliphatic heterocycles. The van der Waals surface area contributed by atoms with Gasteiger partial charge in [0.1, 0.15) is 11.9 Å². The Hall–Kier alpha value is -4.01. The number of carbonyl (C=O) groups is 2. The summed E-state index contributed by atoms with van der Waals surface area (Å²) in [5, 5.41) is 14.4. The van der Waals surface area contributed by atoms with E-state index in [0.717, 1.165) is 5.56 Å². The van der Waals surface area contributed by atoms with Gasteiger partial charge < -0.3 is 15.2 Å². The van der Waals surface area contributed by atoms with Crippen molar-refractivity contribution in [2.24, 2.45) is 5.41 Å². The van der Waals surface area contributed by atoms with Gasteiger partial charge in [0.25, 0.3) is 5.91 Å². The Kier molecular flexibility index (Phi) is 7.40. The lowest BCUT2D eigenvalue weighted by Crippen LogP contribution is -2.53. The number of sulfonamides is 1. The van der Waals surface area contributed by atoms with Gasteiger partial charge >= 0.3 is 0 Å². The van der Waals surface area contributed by atoms with E-state index in [1.165, 1.54) is 35.6 Å². The van der Waals surface area contributed by atoms with Crippen LogP contribution in [0.1, 0.15) is 42.5 Å². The fraction of sp³-hybridized carbons (Fsp3) is 0.333. The SMILES string of the molecule is CNC(=O)[C@H](NC(=O)c1nc(-c2ccccc2)n2c1CN(S(=O)(=O)c1ccc(C#N)cc1)CC2)C(C)(C)C. The Labute approximate surface area is 222 Å². The molecule has 3 aromatic rings. The van der Waals surface area contributed by atoms with Gasteiger partial charge in [-0.05, 0) is 29.7 Å². The quantitative estimate of drug-likeness (QED) is 0.499. The molecule has 0 aliphatic carbocycles. The fourth-order valence-electron chi connectivity index (χ4n) is 4.41. The van der Waals surface area contributed by atoms with E-state index in [1.54, 1.807) is 0 Å². The zero-order valence-corrected chi connectivity index (χ0v) is 22.5. The number of fused-ring (bicyclic) bond motifs is 1. The average molecular weight is 535 g/mol. The molecule has 0 spiro atoms. The smallest absolute Gasteiger partial charge is 0.272 e. The molecule has 0 saturated heterocycles. The van der Waals surface area contributed by atoms with Crippen LogP contribution in [0.25, 0.3) is 11.4 Å². The van der Waals surface area contributed by atoms with Crippen molar-refractivity contribution in [3.8, 4) is 17.5 Å². The lowest BCUT2D eigenvalue weighted by atomic mass is 9.86. The molecular formula is C27H30N6O4S. The molecule has 2 amide bonds. The number of amides is 2. The Bertz CT molecular complexity index is 1500. The van der Waals surface area contributed by atoms with Crippen LogP contribution in [-0.2, 0) is 27.9 Å². The van der Waals surface area contributed by atoms with E-state index in [9.17, 15) is 18.0 Å². The van der Waals surface area contributed by atoms with E-state index in [0.29, 0.717) is 17.1 Å². The van der Waals surface area contributed by atoms with Crippen LogP contribution in [0.15, 0.2) is 59.5 Å². The highest BCUT2D eigenvalue weighted by Crippen LogP contribution is 2.30. The van der Waals surface area contributed by atoms with Crippen molar-refractivity contribution in [3.63, 3.8) is 0 Å². The van der Waals surface area contributed by atoms with Gasteiger partial charge in [-0.1, -0.05) is 51.1 Å². The summed E-state index contributed by atoms with van der Waals surface area (Å²) >= 11 is 0. The minimum absolute atomic E-state index is 0.0613. The minimum atomic E-state index is -3.90. The second kappa shape index (κ2) is 10.4. The summed E-state index contributed by atoms with van der Waals surface area (Å²) < 4.78 is 30.1. The first kappa shape index (κ1) is 27.0. The molecule has 1 aliphatic rings. The lowest BCUT2D eigenvalue weighted by Gasteiger charge is -2.30. The molecule has 1 atom stereocenters. The Morgan fingerprint density at radius 3 is 2.29 bits per heavy atom. The normalized spacial score (nSPS) is 14.7. The zero-order chi connectivity index (χ0) is 27.7. The van der Waals surface area contributed by atoms with Crippen LogP contribution in [0.3, 0.4) is 0 Å². The number of aromatic nitrogens is 2. The molecule has 2 N–H and O–H groups in total. The third-order valence-electron chi connectivity index (χ3n) is 6.49. The number of nitrogens with one attached hydrogen (secondary N) is 2. The number of nitrogens with zero attached hydrogens (tertiary/aromatic N) is 4. The number of carbonyl (C=O) groups excluding carboxylic acids is 2. The van der Waals surface area contributed by atoms with E-state index in [4.69, 9.17) is 5.26 Å². The van der Waals surface area contributed by atoms with Gasteiger partial charge in [0.2, 0.25) is 15.9 Å². The highest BCUT2D eigenvalue weighted by molar-refractivity contribution is 7.89. The van der Waals surface area contributed by atoms with Gasteiger partial charge in [-0.2, -0.15) is 9.57 Å². The number of benzene rings is 2. The molecule has 0 bridgehead atoms. The molecule has 198 valence electrons. The zero-order valence-electron chi connectivity index (χ0n) is 21.7. The van der Waals surface area contributed by atoms with Crippen molar-refractivity contribution < 1.29 is 18.0 Å². The Morgan fingerprint density at radius 1 is 1.05 bits per heavy atom. The average Bonchev–Trinajstić information content (AvgIpc) is 3.30. The molecule has 0 radical (unpaired) electrons. The molecular weight excluding hydrogens is 504 g/mol. The van der Waals surface area contributed by atoms with Gasteiger partial charge in [0.15, 0.2) is 5.69 Å². The van der Waals surface area contributed by atoms with Crippen molar-refractivity contribution in [3.05, 3.63) is 71.5 Å². The summed E-state index contributed by atoms with van der Waals surface area (Å²) in [4.78, 5) is 30.9. The van der Waals surface area contributed by atoms with Crippen LogP contribution < -0.4 is 10.6 Å². The maximum atomic E-state index is 13.6. The first-order valence-corrected chi connectivity index (χ1v) is 13.6.